The smallest absolute Gasteiger partial charge is 0.229 e. The van der Waals surface area contributed by atoms with Gasteiger partial charge in [-0.3, -0.25) is 4.79 Å². The molecule has 6 nitrogen and oxygen atoms in total. The molecule has 26 heavy (non-hydrogen) atoms. The topological polar surface area (TPSA) is 67.3 Å². The van der Waals surface area contributed by atoms with Crippen molar-refractivity contribution in [1.82, 2.24) is 9.97 Å². The van der Waals surface area contributed by atoms with Crippen molar-refractivity contribution < 1.29 is 9.53 Å². The number of benzene rings is 1. The lowest BCUT2D eigenvalue weighted by molar-refractivity contribution is -0.120. The van der Waals surface area contributed by atoms with Gasteiger partial charge in [0.05, 0.1) is 12.5 Å². The van der Waals surface area contributed by atoms with Crippen LogP contribution in [0.25, 0.3) is 0 Å². The van der Waals surface area contributed by atoms with E-state index in [-0.39, 0.29) is 11.8 Å². The first-order valence-electron chi connectivity index (χ1n) is 9.16. The zero-order chi connectivity index (χ0) is 18.5. The van der Waals surface area contributed by atoms with Crippen LogP contribution in [0.15, 0.2) is 30.3 Å². The van der Waals surface area contributed by atoms with Crippen LogP contribution in [0.5, 0.6) is 5.75 Å². The van der Waals surface area contributed by atoms with Crippen LogP contribution in [0, 0.1) is 19.8 Å². The Balaban J connectivity index is 1.67. The molecular formula is C20H26N4O2. The number of aromatic nitrogens is 2. The summed E-state index contributed by atoms with van der Waals surface area (Å²) in [6, 6.07) is 9.47. The SMILES string of the molecule is CCOc1cccc(NC(=O)[C@@H]2CCCN(c3nc(C)cc(C)n3)C2)c1. The van der Waals surface area contributed by atoms with Gasteiger partial charge in [0, 0.05) is 36.2 Å². The Kier molecular flexibility index (Phi) is 5.71. The maximum Gasteiger partial charge on any atom is 0.229 e. The van der Waals surface area contributed by atoms with E-state index in [1.54, 1.807) is 0 Å². The molecule has 3 rings (SSSR count). The maximum atomic E-state index is 12.7. The van der Waals surface area contributed by atoms with Crippen molar-refractivity contribution in [3.05, 3.63) is 41.7 Å². The van der Waals surface area contributed by atoms with Gasteiger partial charge in [-0.05, 0) is 51.8 Å². The van der Waals surface area contributed by atoms with Crippen molar-refractivity contribution in [2.45, 2.75) is 33.6 Å². The van der Waals surface area contributed by atoms with Crippen molar-refractivity contribution >= 4 is 17.5 Å². The van der Waals surface area contributed by atoms with E-state index in [2.05, 4.69) is 20.2 Å². The minimum Gasteiger partial charge on any atom is -0.494 e. The number of nitrogens with zero attached hydrogens (tertiary/aromatic N) is 3. The predicted octanol–water partition coefficient (Wildman–Crippen LogP) is 3.35. The Morgan fingerprint density at radius 3 is 2.77 bits per heavy atom. The summed E-state index contributed by atoms with van der Waals surface area (Å²) in [5.74, 6) is 1.44. The molecule has 6 heteroatoms. The molecule has 1 aliphatic rings. The van der Waals surface area contributed by atoms with Crippen LogP contribution in [-0.4, -0.2) is 35.6 Å². The summed E-state index contributed by atoms with van der Waals surface area (Å²) in [4.78, 5) is 23.9. The molecule has 0 radical (unpaired) electrons. The molecule has 2 aromatic rings. The number of nitrogens with one attached hydrogen (secondary N) is 1. The summed E-state index contributed by atoms with van der Waals surface area (Å²) in [5, 5.41) is 3.02. The van der Waals surface area contributed by atoms with Gasteiger partial charge in [-0.1, -0.05) is 6.07 Å². The second-order valence-electron chi connectivity index (χ2n) is 6.69. The number of anilines is 2. The third-order valence-electron chi connectivity index (χ3n) is 4.46. The fraction of sp³-hybridized carbons (Fsp3) is 0.450. The number of ether oxygens (including phenoxy) is 1. The van der Waals surface area contributed by atoms with Crippen molar-refractivity contribution in [2.24, 2.45) is 5.92 Å². The summed E-state index contributed by atoms with van der Waals surface area (Å²) in [6.45, 7) is 8.00. The van der Waals surface area contributed by atoms with Gasteiger partial charge in [0.2, 0.25) is 11.9 Å². The van der Waals surface area contributed by atoms with Gasteiger partial charge in [-0.2, -0.15) is 0 Å². The quantitative estimate of drug-likeness (QED) is 0.892. The number of hydrogen-bond donors (Lipinski definition) is 1. The second kappa shape index (κ2) is 8.17. The number of carbonyl (C=O) groups is 1. The van der Waals surface area contributed by atoms with Gasteiger partial charge in [0.1, 0.15) is 5.75 Å². The first-order valence-corrected chi connectivity index (χ1v) is 9.16. The molecule has 138 valence electrons. The van der Waals surface area contributed by atoms with E-state index in [0.717, 1.165) is 48.2 Å². The normalized spacial score (nSPS) is 17.0. The fourth-order valence-electron chi connectivity index (χ4n) is 3.30. The van der Waals surface area contributed by atoms with Gasteiger partial charge in [0.15, 0.2) is 0 Å². The van der Waals surface area contributed by atoms with Gasteiger partial charge in [-0.15, -0.1) is 0 Å². The van der Waals surface area contributed by atoms with E-state index in [1.165, 1.54) is 0 Å². The van der Waals surface area contributed by atoms with Gasteiger partial charge < -0.3 is 15.0 Å². The van der Waals surface area contributed by atoms with Crippen LogP contribution in [0.4, 0.5) is 11.6 Å². The van der Waals surface area contributed by atoms with E-state index in [9.17, 15) is 4.79 Å². The van der Waals surface area contributed by atoms with Gasteiger partial charge in [0.25, 0.3) is 0 Å². The van der Waals surface area contributed by atoms with Crippen molar-refractivity contribution in [3.63, 3.8) is 0 Å². The Labute approximate surface area is 154 Å². The van der Waals surface area contributed by atoms with E-state index in [0.29, 0.717) is 13.2 Å². The summed E-state index contributed by atoms with van der Waals surface area (Å²) in [6.07, 6.45) is 1.83. The molecule has 1 aromatic heterocycles. The minimum atomic E-state index is -0.0797. The number of amides is 1. The fourth-order valence-corrected chi connectivity index (χ4v) is 3.30. The zero-order valence-electron chi connectivity index (χ0n) is 15.7. The Hall–Kier alpha value is -2.63. The molecule has 0 spiro atoms. The molecule has 0 aliphatic carbocycles. The molecule has 1 N–H and O–H groups in total. The van der Waals surface area contributed by atoms with E-state index in [4.69, 9.17) is 4.74 Å². The molecule has 1 amide bonds. The van der Waals surface area contributed by atoms with Gasteiger partial charge >= 0.3 is 0 Å². The standard InChI is InChI=1S/C20H26N4O2/c1-4-26-18-9-5-8-17(12-18)23-19(25)16-7-6-10-24(13-16)20-21-14(2)11-15(3)22-20/h5,8-9,11-12,16H,4,6-7,10,13H2,1-3H3,(H,23,25)/t16-/m1/s1. The number of piperidine rings is 1. The zero-order valence-corrected chi connectivity index (χ0v) is 15.7. The van der Waals surface area contributed by atoms with Crippen LogP contribution in [0.2, 0.25) is 0 Å². The molecular weight excluding hydrogens is 328 g/mol. The van der Waals surface area contributed by atoms with Crippen molar-refractivity contribution in [1.29, 1.82) is 0 Å². The minimum absolute atomic E-state index is 0.0349. The number of hydrogen-bond acceptors (Lipinski definition) is 5. The monoisotopic (exact) mass is 354 g/mol. The Morgan fingerprint density at radius 2 is 2.04 bits per heavy atom. The highest BCUT2D eigenvalue weighted by Gasteiger charge is 2.27. The number of aryl methyl sites for hydroxylation is 2. The average Bonchev–Trinajstić information content (AvgIpc) is 2.61. The lowest BCUT2D eigenvalue weighted by Gasteiger charge is -2.32. The van der Waals surface area contributed by atoms with Crippen LogP contribution < -0.4 is 15.0 Å². The highest BCUT2D eigenvalue weighted by molar-refractivity contribution is 5.93. The van der Waals surface area contributed by atoms with Gasteiger partial charge in [-0.25, -0.2) is 9.97 Å². The van der Waals surface area contributed by atoms with Crippen molar-refractivity contribution in [3.8, 4) is 5.75 Å². The van der Waals surface area contributed by atoms with E-state index < -0.39 is 0 Å². The summed E-state index contributed by atoms with van der Waals surface area (Å²) in [7, 11) is 0. The summed E-state index contributed by atoms with van der Waals surface area (Å²) in [5.41, 5.74) is 2.67. The third kappa shape index (κ3) is 4.50. The van der Waals surface area contributed by atoms with Crippen LogP contribution in [0.1, 0.15) is 31.2 Å². The number of carbonyl (C=O) groups excluding carboxylic acids is 1. The molecule has 0 bridgehead atoms. The largest absolute Gasteiger partial charge is 0.494 e. The molecule has 1 saturated heterocycles. The first-order chi connectivity index (χ1) is 12.5. The molecule has 0 saturated carbocycles. The third-order valence-corrected chi connectivity index (χ3v) is 4.46. The van der Waals surface area contributed by atoms with Crippen molar-refractivity contribution in [2.75, 3.05) is 29.9 Å². The number of rotatable bonds is 5. The molecule has 0 unspecified atom stereocenters. The molecule has 2 heterocycles. The predicted molar refractivity (Wildman–Crippen MR) is 103 cm³/mol. The summed E-state index contributed by atoms with van der Waals surface area (Å²) < 4.78 is 5.49. The summed E-state index contributed by atoms with van der Waals surface area (Å²) >= 11 is 0. The van der Waals surface area contributed by atoms with E-state index >= 15 is 0 Å². The molecule has 1 aliphatic heterocycles. The second-order valence-corrected chi connectivity index (χ2v) is 6.69. The lowest BCUT2D eigenvalue weighted by Crippen LogP contribution is -2.41. The average molecular weight is 354 g/mol. The molecule has 1 fully saturated rings. The molecule has 1 aromatic carbocycles. The van der Waals surface area contributed by atoms with Crippen LogP contribution in [0.3, 0.4) is 0 Å². The van der Waals surface area contributed by atoms with Crippen LogP contribution >= 0.6 is 0 Å². The van der Waals surface area contributed by atoms with E-state index in [1.807, 2.05) is 51.1 Å². The molecule has 1 atom stereocenters. The lowest BCUT2D eigenvalue weighted by atomic mass is 9.97. The maximum absolute atomic E-state index is 12.7. The first kappa shape index (κ1) is 18.2. The highest BCUT2D eigenvalue weighted by atomic mass is 16.5. The van der Waals surface area contributed by atoms with Crippen LogP contribution in [-0.2, 0) is 4.79 Å². The Morgan fingerprint density at radius 1 is 1.27 bits per heavy atom. The Bertz CT molecular complexity index is 758. The highest BCUT2D eigenvalue weighted by Crippen LogP contribution is 2.23.